The van der Waals surface area contributed by atoms with Crippen molar-refractivity contribution in [3.63, 3.8) is 0 Å². The van der Waals surface area contributed by atoms with E-state index in [-0.39, 0.29) is 62.8 Å². The molecule has 14 atom stereocenters. The summed E-state index contributed by atoms with van der Waals surface area (Å²) in [5.41, 5.74) is -0.819. The maximum atomic E-state index is 13.2. The van der Waals surface area contributed by atoms with E-state index in [9.17, 15) is 87.1 Å². The number of fused-ring (bicyclic) bond motifs is 10. The van der Waals surface area contributed by atoms with E-state index < -0.39 is 92.7 Å². The number of rotatable bonds is 60. The summed E-state index contributed by atoms with van der Waals surface area (Å²) in [6.45, 7) is 10.4. The van der Waals surface area contributed by atoms with Crippen molar-refractivity contribution >= 4 is 74.5 Å². The van der Waals surface area contributed by atoms with Crippen LogP contribution in [0.25, 0.3) is 0 Å². The predicted octanol–water partition coefficient (Wildman–Crippen LogP) is 16.4. The summed E-state index contributed by atoms with van der Waals surface area (Å²) in [6.07, 6.45) is 2.31. The Hall–Kier alpha value is -1.07. The fourth-order valence-electron chi connectivity index (χ4n) is 17.6. The summed E-state index contributed by atoms with van der Waals surface area (Å²) in [5, 5.41) is 0. The maximum Gasteiger partial charge on any atom is 0.471 e. The lowest BCUT2D eigenvalue weighted by atomic mass is 9.55. The molecular weight excluding hydrogens is 1800 g/mol. The number of ether oxygens (including phenoxy) is 10. The maximum absolute atomic E-state index is 13.2. The summed E-state index contributed by atoms with van der Waals surface area (Å²) >= 11 is 0. The normalized spacial score (nSPS) is 24.5. The Labute approximate surface area is 734 Å². The van der Waals surface area contributed by atoms with Gasteiger partial charge in [-0.05, 0) is 255 Å². The summed E-state index contributed by atoms with van der Waals surface area (Å²) in [7, 11) is -10.5. The fourth-order valence-corrected chi connectivity index (χ4v) is 22.8. The van der Waals surface area contributed by atoms with Crippen molar-refractivity contribution in [2.45, 2.75) is 230 Å². The lowest BCUT2D eigenvalue weighted by molar-refractivity contribution is -0.374. The van der Waals surface area contributed by atoms with Gasteiger partial charge in [0.15, 0.2) is 5.60 Å². The van der Waals surface area contributed by atoms with E-state index >= 15 is 0 Å². The molecule has 0 bridgehead atoms. The Bertz CT molecular complexity index is 3590. The fraction of sp³-hybridized carbons (Fsp3) is 0.850. The Morgan fingerprint density at radius 3 is 1.21 bits per heavy atom. The molecule has 8 rings (SSSR count). The minimum atomic E-state index is -5.58. The highest BCUT2D eigenvalue weighted by atomic mass is 33.1. The smallest absolute Gasteiger partial charge is 0.471 e. The van der Waals surface area contributed by atoms with Crippen LogP contribution in [0.4, 0.5) is 39.5 Å². The van der Waals surface area contributed by atoms with Gasteiger partial charge in [-0.2, -0.15) is 39.5 Å². The third-order valence-electron chi connectivity index (χ3n) is 24.5. The second kappa shape index (κ2) is 52.0. The van der Waals surface area contributed by atoms with Crippen LogP contribution in [0, 0.1) is 46.3 Å². The predicted molar refractivity (Wildman–Crippen MR) is 442 cm³/mol. The van der Waals surface area contributed by atoms with Crippen molar-refractivity contribution in [3.8, 4) is 11.5 Å². The van der Waals surface area contributed by atoms with Crippen molar-refractivity contribution in [2.75, 3.05) is 156 Å². The zero-order chi connectivity index (χ0) is 90.2. The van der Waals surface area contributed by atoms with Gasteiger partial charge >= 0.3 is 26.4 Å². The van der Waals surface area contributed by atoms with Crippen molar-refractivity contribution in [1.29, 1.82) is 0 Å². The molecule has 2 aromatic carbocycles. The largest absolute Gasteiger partial charge is 0.790 e. The van der Waals surface area contributed by atoms with Crippen LogP contribution in [-0.2, 0) is 96.1 Å². The molecule has 123 heavy (non-hydrogen) atoms. The number of benzene rings is 2. The molecule has 714 valence electrons. The molecule has 43 heteroatoms. The summed E-state index contributed by atoms with van der Waals surface area (Å²) in [4.78, 5) is 64.0. The van der Waals surface area contributed by atoms with E-state index in [0.29, 0.717) is 140 Å². The minimum Gasteiger partial charge on any atom is -0.790 e. The second-order valence-corrected chi connectivity index (χ2v) is 44.0. The monoisotopic (exact) mass is 1930 g/mol. The number of phosphoric ester groups is 4. The summed E-state index contributed by atoms with van der Waals surface area (Å²) in [6, 6.07) is 13.1. The van der Waals surface area contributed by atoms with Gasteiger partial charge in [0.25, 0.3) is 13.4 Å². The quantitative estimate of drug-likeness (QED) is 0.0278. The van der Waals surface area contributed by atoms with Gasteiger partial charge in [0.05, 0.1) is 101 Å². The van der Waals surface area contributed by atoms with Gasteiger partial charge in [0, 0.05) is 95.3 Å². The first kappa shape index (κ1) is 109. The third-order valence-corrected chi connectivity index (χ3v) is 32.0. The standard InChI is InChI=1S/C40H64F6O13P2S2.C40H67F3O13P2S2/c1-37-16-15-33-32-12-10-31(26-30(32)9-11-34(33)35(37)13-14-36(37)56-20-7-21-57-38(2,39(41,42)43)40(44,45)46)55-19-5-4-17-53-22-24-62-63-25-23-54-18-6-8-29(27-58-60(47,48)49)28-59-61(50,51)52-3;1-38(2,40(41,42)43)54-22-8-21-53-37-15-14-36-35-12-10-31-27-32(11-13-33(31)34(35)16-17-39(36,37)3)52-20-6-5-18-50-23-25-59-60-26-24-51-19-7-9-30(28-55-57(44,45)46)29-56-58(47,48)49-4/h10,12,26,29,33-36H,4-9,11,13-25,27-28H2,1-3H3,(H,50,51)(H2,47,48,49);11,13,27,30,34-37H,5-10,12,14-26,28-29H2,1-4H3,(H,47,48)(H2,44,45,46)/p-5. The molecule has 0 radical (unpaired) electrons. The summed E-state index contributed by atoms with van der Waals surface area (Å²) < 4.78 is 246. The number of phosphoric acid groups is 4. The number of aryl methyl sites for hydroxylation is 2. The molecule has 0 aliphatic heterocycles. The van der Waals surface area contributed by atoms with Gasteiger partial charge in [0.2, 0.25) is 0 Å². The number of hydrogen-bond donors (Lipinski definition) is 1. The molecule has 0 spiro atoms. The highest BCUT2D eigenvalue weighted by Crippen LogP contribution is 2.64. The first-order valence-corrected chi connectivity index (χ1v) is 53.2. The highest BCUT2D eigenvalue weighted by molar-refractivity contribution is 8.77. The van der Waals surface area contributed by atoms with Gasteiger partial charge < -0.3 is 104 Å². The topological polar surface area (TPSA) is 351 Å². The number of alkyl halides is 9. The summed E-state index contributed by atoms with van der Waals surface area (Å²) in [5.74, 6) is 6.77. The molecule has 6 aliphatic carbocycles. The van der Waals surface area contributed by atoms with Crippen molar-refractivity contribution in [1.82, 2.24) is 0 Å². The zero-order valence-corrected chi connectivity index (χ0v) is 78.2. The molecule has 26 nitrogen and oxygen atoms in total. The van der Waals surface area contributed by atoms with Crippen molar-refractivity contribution in [3.05, 3.63) is 58.7 Å². The molecule has 4 fully saturated rings. The van der Waals surface area contributed by atoms with Crippen LogP contribution in [0.1, 0.15) is 197 Å². The SMILES string of the molecule is COP(=O)(O)OCC(CCCOCCSSCCOCCCCOc1ccc2c(c1)CCC1C2CCC2(C)C(OCCCOC(C)(C(F)(F)F)C(F)(F)F)CCC12)COP(=O)([O-])[O-].COP(=O)([O-])OCC(CCCOCCSSCCOCCCCOc1ccc2c(c1)CCC1C2CCC2(C)C(OCCCOC(C)(C)C(F)(F)F)CCC12)COP(=O)([O-])[O-]. The van der Waals surface area contributed by atoms with E-state index in [1.165, 1.54) is 22.3 Å². The Balaban J connectivity index is 0.000000339. The van der Waals surface area contributed by atoms with E-state index in [4.69, 9.17) is 47.2 Å². The Morgan fingerprint density at radius 2 is 0.829 bits per heavy atom. The average Bonchev–Trinajstić information content (AvgIpc) is 1.63. The van der Waals surface area contributed by atoms with Crippen LogP contribution in [0.5, 0.6) is 11.5 Å². The first-order valence-electron chi connectivity index (χ1n) is 42.3. The Morgan fingerprint density at radius 1 is 0.447 bits per heavy atom. The van der Waals surface area contributed by atoms with Crippen LogP contribution in [0.2, 0.25) is 0 Å². The number of unbranched alkanes of at least 4 members (excludes halogenated alkanes) is 2. The van der Waals surface area contributed by atoms with E-state index in [2.05, 4.69) is 77.6 Å². The van der Waals surface area contributed by atoms with Crippen LogP contribution in [-0.4, -0.2) is 203 Å². The lowest BCUT2D eigenvalue weighted by Crippen LogP contribution is -2.56. The Kier molecular flexibility index (Phi) is 46.0. The average molecular weight is 1930 g/mol. The molecule has 0 saturated heterocycles. The van der Waals surface area contributed by atoms with Crippen molar-refractivity contribution in [2.24, 2.45) is 46.3 Å². The molecule has 0 aromatic heterocycles. The van der Waals surface area contributed by atoms with Crippen LogP contribution in [0.15, 0.2) is 36.4 Å². The van der Waals surface area contributed by atoms with Gasteiger partial charge in [-0.25, -0.2) is 4.57 Å². The molecular formula is C80H126F9O26P4S4-5. The molecule has 1 N–H and O–H groups in total. The van der Waals surface area contributed by atoms with Gasteiger partial charge in [0.1, 0.15) is 11.5 Å². The molecule has 0 amide bonds. The second-order valence-electron chi connectivity index (χ2n) is 33.2. The number of hydrogen-bond acceptors (Lipinski definition) is 29. The zero-order valence-electron chi connectivity index (χ0n) is 71.3. The lowest BCUT2D eigenvalue weighted by Gasteiger charge is -2.50. The molecule has 0 heterocycles. The van der Waals surface area contributed by atoms with Crippen LogP contribution in [0.3, 0.4) is 0 Å². The van der Waals surface area contributed by atoms with Gasteiger partial charge in [-0.15, -0.1) is 0 Å². The third kappa shape index (κ3) is 36.0. The van der Waals surface area contributed by atoms with E-state index in [1.807, 2.05) is 0 Å². The van der Waals surface area contributed by atoms with Crippen LogP contribution < -0.4 is 33.9 Å². The van der Waals surface area contributed by atoms with Crippen LogP contribution >= 0.6 is 74.5 Å². The molecule has 6 aliphatic rings. The number of halogens is 9. The van der Waals surface area contributed by atoms with Gasteiger partial charge in [-0.1, -0.05) is 69.2 Å². The minimum absolute atomic E-state index is 0.0229. The van der Waals surface area contributed by atoms with E-state index in [1.54, 1.807) is 43.2 Å². The molecule has 2 aromatic rings. The first-order chi connectivity index (χ1) is 58.0. The van der Waals surface area contributed by atoms with Gasteiger partial charge in [-0.3, -0.25) is 13.6 Å². The van der Waals surface area contributed by atoms with Crippen molar-refractivity contribution < 1.29 is 162 Å². The van der Waals surface area contributed by atoms with E-state index in [0.717, 1.165) is 165 Å². The highest BCUT2D eigenvalue weighted by Gasteiger charge is 2.69. The molecule has 14 unspecified atom stereocenters. The molecule has 4 saturated carbocycles.